The molecular formula is C63H29BF12N2. The zero-order chi connectivity index (χ0) is 53.5. The van der Waals surface area contributed by atoms with Crippen LogP contribution >= 0.6 is 0 Å². The predicted octanol–water partition coefficient (Wildman–Crippen LogP) is 16.3. The molecule has 0 radical (unpaired) electrons. The quantitative estimate of drug-likeness (QED) is 0.121. The van der Waals surface area contributed by atoms with Crippen molar-refractivity contribution < 1.29 is 52.7 Å². The maximum Gasteiger partial charge on any atom is 0.416 e. The summed E-state index contributed by atoms with van der Waals surface area (Å²) in [6.07, 6.45) is -20.2. The molecule has 3 aliphatic heterocycles. The zero-order valence-electron chi connectivity index (χ0n) is 39.8. The fraction of sp³-hybridized carbons (Fsp3) is 0.0794. The average Bonchev–Trinajstić information content (AvgIpc) is 2.07. The number of hydrogen-bond acceptors (Lipinski definition) is 0. The topological polar surface area (TPSA) is 9.86 Å². The van der Waals surface area contributed by atoms with Gasteiger partial charge in [-0.3, -0.25) is 0 Å². The molecule has 5 heterocycles. The Kier molecular flexibility index (Phi) is 8.42. The number of alkyl halides is 12. The molecule has 0 atom stereocenters. The summed E-state index contributed by atoms with van der Waals surface area (Å²) in [5, 5.41) is 0.667. The second kappa shape index (κ2) is 14.4. The van der Waals surface area contributed by atoms with Crippen LogP contribution in [0.4, 0.5) is 52.7 Å². The van der Waals surface area contributed by atoms with Crippen molar-refractivity contribution in [3.63, 3.8) is 0 Å². The Morgan fingerprint density at radius 3 is 1.50 bits per heavy atom. The number of aromatic nitrogens is 2. The van der Waals surface area contributed by atoms with E-state index in [4.69, 9.17) is 0 Å². The molecule has 1 aliphatic carbocycles. The van der Waals surface area contributed by atoms with E-state index in [1.807, 2.05) is 97.1 Å². The summed E-state index contributed by atoms with van der Waals surface area (Å²) >= 11 is 0. The third-order valence-corrected chi connectivity index (χ3v) is 16.9. The van der Waals surface area contributed by atoms with Gasteiger partial charge in [-0.05, 0) is 132 Å². The van der Waals surface area contributed by atoms with Gasteiger partial charge in [0.05, 0.1) is 44.4 Å². The van der Waals surface area contributed by atoms with Crippen molar-refractivity contribution in [1.82, 2.24) is 9.13 Å². The summed E-state index contributed by atoms with van der Waals surface area (Å²) < 4.78 is 189. The molecule has 78 heavy (non-hydrogen) atoms. The van der Waals surface area contributed by atoms with Crippen molar-refractivity contribution in [3.05, 3.63) is 220 Å². The lowest BCUT2D eigenvalue weighted by atomic mass is 9.33. The highest BCUT2D eigenvalue weighted by atomic mass is 19.4. The van der Waals surface area contributed by atoms with E-state index in [1.54, 1.807) is 33.4 Å². The summed E-state index contributed by atoms with van der Waals surface area (Å²) in [4.78, 5) is 0. The Morgan fingerprint density at radius 1 is 0.333 bits per heavy atom. The lowest BCUT2D eigenvalue weighted by molar-refractivity contribution is -0.138. The Hall–Kier alpha value is -8.72. The largest absolute Gasteiger partial charge is 0.416 e. The number of nitrogens with zero attached hydrogens (tertiary/aromatic N) is 2. The molecule has 10 aromatic carbocycles. The van der Waals surface area contributed by atoms with Gasteiger partial charge in [-0.25, -0.2) is 0 Å². The summed E-state index contributed by atoms with van der Waals surface area (Å²) in [6, 6.07) is 45.6. The Bertz CT molecular complexity index is 4700. The van der Waals surface area contributed by atoms with Crippen LogP contribution in [0.5, 0.6) is 0 Å². The molecule has 16 rings (SSSR count). The van der Waals surface area contributed by atoms with Gasteiger partial charge < -0.3 is 9.13 Å². The average molecular weight is 1050 g/mol. The van der Waals surface area contributed by atoms with Crippen molar-refractivity contribution in [2.75, 3.05) is 0 Å². The fourth-order valence-corrected chi connectivity index (χ4v) is 14.0. The first kappa shape index (κ1) is 45.5. The minimum Gasteiger partial charge on any atom is -0.310 e. The number of halogens is 12. The number of benzene rings is 10. The SMILES string of the molecule is FC(F)(F)c1ccc2c(c1)c1cc(C(F)(F)F)cc3c1n2-c1c(-c2cccc4cc(-c5ccccc5)ccc24)cc2c4c1B3c1cc(C(F)(F)F)cc3c5cc(C(F)(F)F)cc(c5n-4c13)C21c2ccccc2-c2ccccc21. The van der Waals surface area contributed by atoms with Crippen LogP contribution in [0, 0.1) is 0 Å². The van der Waals surface area contributed by atoms with Gasteiger partial charge in [0.25, 0.3) is 6.71 Å². The normalized spacial score (nSPS) is 14.7. The Labute approximate surface area is 433 Å². The highest BCUT2D eigenvalue weighted by Gasteiger charge is 2.56. The highest BCUT2D eigenvalue weighted by Crippen LogP contribution is 2.63. The lowest BCUT2D eigenvalue weighted by Gasteiger charge is -2.45. The van der Waals surface area contributed by atoms with Gasteiger partial charge in [0.1, 0.15) is 0 Å². The van der Waals surface area contributed by atoms with Crippen LogP contribution in [0.3, 0.4) is 0 Å². The standard InChI is InChI=1S/C63H29BF12N2/c65-60(66,67)33-18-20-52-41(22-33)42-24-35(62(71,72)73)27-50-55(42)77(52)57-45(38-14-8-11-32-21-31(17-19-37(32)38)30-9-2-1-3-10-30)29-49-58-53(57)64(50)51-28-36(63(74,75)76)25-44-43-23-34(61(68,69)70)26-48(54(43)78(58)56(44)51)59(49)46-15-6-4-12-39(46)40-13-5-7-16-47(40)59/h1-29H. The van der Waals surface area contributed by atoms with Crippen LogP contribution in [0.15, 0.2) is 176 Å². The Balaban J connectivity index is 1.19. The van der Waals surface area contributed by atoms with Crippen LogP contribution in [0.2, 0.25) is 0 Å². The van der Waals surface area contributed by atoms with E-state index in [0.29, 0.717) is 50.0 Å². The van der Waals surface area contributed by atoms with Gasteiger partial charge in [-0.2, -0.15) is 52.7 Å². The first-order chi connectivity index (χ1) is 37.2. The molecule has 0 saturated heterocycles. The van der Waals surface area contributed by atoms with E-state index < -0.39 is 59.1 Å². The maximum atomic E-state index is 15.8. The van der Waals surface area contributed by atoms with E-state index in [2.05, 4.69) is 0 Å². The summed E-state index contributed by atoms with van der Waals surface area (Å²) in [5.74, 6) is 0. The number of rotatable bonds is 2. The summed E-state index contributed by atoms with van der Waals surface area (Å²) in [6.45, 7) is -1.51. The van der Waals surface area contributed by atoms with Gasteiger partial charge in [0.15, 0.2) is 0 Å². The molecule has 0 N–H and O–H groups in total. The molecule has 12 aromatic rings. The second-order valence-corrected chi connectivity index (χ2v) is 20.7. The first-order valence-electron chi connectivity index (χ1n) is 24.8. The highest BCUT2D eigenvalue weighted by molar-refractivity contribution is 7.00. The minimum absolute atomic E-state index is 0.0416. The van der Waals surface area contributed by atoms with Crippen molar-refractivity contribution in [3.8, 4) is 44.8 Å². The Morgan fingerprint density at radius 2 is 0.872 bits per heavy atom. The van der Waals surface area contributed by atoms with E-state index in [0.717, 1.165) is 65.0 Å². The molecule has 2 aromatic heterocycles. The molecule has 1 spiro atoms. The molecule has 378 valence electrons. The molecule has 4 aliphatic rings. The molecule has 0 saturated carbocycles. The molecule has 0 unspecified atom stereocenters. The maximum absolute atomic E-state index is 15.8. The predicted molar refractivity (Wildman–Crippen MR) is 279 cm³/mol. The second-order valence-electron chi connectivity index (χ2n) is 20.7. The van der Waals surface area contributed by atoms with Crippen molar-refractivity contribution in [2.45, 2.75) is 30.1 Å². The van der Waals surface area contributed by atoms with E-state index in [1.165, 1.54) is 6.07 Å². The number of fused-ring (bicyclic) bond motifs is 15. The van der Waals surface area contributed by atoms with Gasteiger partial charge in [-0.15, -0.1) is 0 Å². The monoisotopic (exact) mass is 1050 g/mol. The van der Waals surface area contributed by atoms with Crippen molar-refractivity contribution in [2.24, 2.45) is 0 Å². The van der Waals surface area contributed by atoms with Crippen LogP contribution in [0.25, 0.3) is 99.1 Å². The van der Waals surface area contributed by atoms with Gasteiger partial charge >= 0.3 is 24.7 Å². The van der Waals surface area contributed by atoms with Crippen LogP contribution < -0.4 is 16.4 Å². The van der Waals surface area contributed by atoms with Crippen LogP contribution in [-0.4, -0.2) is 15.8 Å². The molecule has 0 fully saturated rings. The van der Waals surface area contributed by atoms with Crippen LogP contribution in [-0.2, 0) is 30.1 Å². The molecule has 0 bridgehead atoms. The van der Waals surface area contributed by atoms with E-state index in [9.17, 15) is 13.2 Å². The van der Waals surface area contributed by atoms with Crippen molar-refractivity contribution >= 4 is 77.5 Å². The van der Waals surface area contributed by atoms with Gasteiger partial charge in [0, 0.05) is 43.8 Å². The van der Waals surface area contributed by atoms with Gasteiger partial charge in [0.2, 0.25) is 0 Å². The number of hydrogen-bond donors (Lipinski definition) is 0. The first-order valence-corrected chi connectivity index (χ1v) is 24.8. The molecule has 15 heteroatoms. The lowest BCUT2D eigenvalue weighted by Crippen LogP contribution is -2.61. The molecule has 0 amide bonds. The smallest absolute Gasteiger partial charge is 0.310 e. The molecular weight excluding hydrogens is 1020 g/mol. The molecule has 2 nitrogen and oxygen atoms in total. The van der Waals surface area contributed by atoms with Crippen LogP contribution in [0.1, 0.15) is 44.5 Å². The van der Waals surface area contributed by atoms with Gasteiger partial charge in [-0.1, -0.05) is 121 Å². The van der Waals surface area contributed by atoms with E-state index in [-0.39, 0.29) is 71.3 Å². The zero-order valence-corrected chi connectivity index (χ0v) is 39.8. The third kappa shape index (κ3) is 5.62. The van der Waals surface area contributed by atoms with Crippen molar-refractivity contribution in [1.29, 1.82) is 0 Å². The van der Waals surface area contributed by atoms with E-state index >= 15 is 39.5 Å². The summed E-state index contributed by atoms with van der Waals surface area (Å²) in [7, 11) is 0. The summed E-state index contributed by atoms with van der Waals surface area (Å²) in [5.41, 5.74) is 0.308. The fourth-order valence-electron chi connectivity index (χ4n) is 14.0. The third-order valence-electron chi connectivity index (χ3n) is 16.9. The minimum atomic E-state index is -5.12.